The highest BCUT2D eigenvalue weighted by Crippen LogP contribution is 2.31. The number of hydrogen-bond donors (Lipinski definition) is 0. The van der Waals surface area contributed by atoms with Gasteiger partial charge in [0.15, 0.2) is 0 Å². The first-order valence-corrected chi connectivity index (χ1v) is 4.33. The molecular formula is C10H13NO. The molecule has 1 amide bonds. The molecule has 1 aliphatic carbocycles. The fourth-order valence-corrected chi connectivity index (χ4v) is 1.88. The summed E-state index contributed by atoms with van der Waals surface area (Å²) < 4.78 is 0. The molecule has 0 radical (unpaired) electrons. The van der Waals surface area contributed by atoms with Crippen LogP contribution in [0.2, 0.25) is 0 Å². The van der Waals surface area contributed by atoms with Gasteiger partial charge in [-0.1, -0.05) is 17.2 Å². The second-order valence-corrected chi connectivity index (χ2v) is 3.66. The van der Waals surface area contributed by atoms with E-state index in [0.29, 0.717) is 0 Å². The number of nitrogens with zero attached hydrogens (tertiary/aromatic N) is 1. The van der Waals surface area contributed by atoms with E-state index in [2.05, 4.69) is 6.92 Å². The van der Waals surface area contributed by atoms with Gasteiger partial charge >= 0.3 is 0 Å². The van der Waals surface area contributed by atoms with Gasteiger partial charge in [0.2, 0.25) is 0 Å². The van der Waals surface area contributed by atoms with Gasteiger partial charge < -0.3 is 4.90 Å². The van der Waals surface area contributed by atoms with Crippen LogP contribution in [0.4, 0.5) is 0 Å². The predicted molar refractivity (Wildman–Crippen MR) is 47.7 cm³/mol. The first kappa shape index (κ1) is 7.59. The molecule has 0 aromatic rings. The monoisotopic (exact) mass is 163 g/mol. The lowest BCUT2D eigenvalue weighted by atomic mass is 10.0. The lowest BCUT2D eigenvalue weighted by Gasteiger charge is -2.23. The van der Waals surface area contributed by atoms with Crippen LogP contribution in [-0.4, -0.2) is 24.4 Å². The molecule has 64 valence electrons. The maximum Gasteiger partial charge on any atom is 0.253 e. The molecule has 1 heterocycles. The van der Waals surface area contributed by atoms with Crippen molar-refractivity contribution in [2.45, 2.75) is 19.8 Å². The van der Waals surface area contributed by atoms with Crippen molar-refractivity contribution >= 4 is 5.91 Å². The molecule has 12 heavy (non-hydrogen) atoms. The molecule has 0 fully saturated rings. The highest BCUT2D eigenvalue weighted by atomic mass is 16.2. The number of likely N-dealkylation sites (N-methyl/N-ethyl adjacent to an activating group) is 1. The van der Waals surface area contributed by atoms with Crippen LogP contribution in [0, 0.1) is 0 Å². The quantitative estimate of drug-likeness (QED) is 0.530. The molecule has 1 aliphatic heterocycles. The topological polar surface area (TPSA) is 20.3 Å². The predicted octanol–water partition coefficient (Wildman–Crippen LogP) is 1.50. The molecule has 2 heteroatoms. The molecule has 0 spiro atoms. The minimum atomic E-state index is 0.202. The average Bonchev–Trinajstić information content (AvgIpc) is 2.39. The number of hydrogen-bond acceptors (Lipinski definition) is 1. The Kier molecular flexibility index (Phi) is 1.56. The fraction of sp³-hybridized carbons (Fsp3) is 0.500. The standard InChI is InChI=1S/C10H13NO/c1-7-5-8-3-4-11(2)10(12)9(8)6-7/h6H,3-5H2,1-2H3. The molecule has 0 aromatic carbocycles. The van der Waals surface area contributed by atoms with Crippen LogP contribution in [0.3, 0.4) is 0 Å². The van der Waals surface area contributed by atoms with Crippen molar-refractivity contribution in [3.05, 3.63) is 22.8 Å². The van der Waals surface area contributed by atoms with Gasteiger partial charge in [-0.3, -0.25) is 4.79 Å². The Labute approximate surface area is 72.6 Å². The van der Waals surface area contributed by atoms with Gasteiger partial charge in [0.1, 0.15) is 0 Å². The molecule has 0 aromatic heterocycles. The third kappa shape index (κ3) is 0.986. The van der Waals surface area contributed by atoms with E-state index in [-0.39, 0.29) is 5.91 Å². The van der Waals surface area contributed by atoms with E-state index in [1.807, 2.05) is 13.1 Å². The number of rotatable bonds is 0. The highest BCUT2D eigenvalue weighted by Gasteiger charge is 2.26. The second kappa shape index (κ2) is 2.47. The second-order valence-electron chi connectivity index (χ2n) is 3.66. The molecule has 0 unspecified atom stereocenters. The molecular weight excluding hydrogens is 150 g/mol. The Morgan fingerprint density at radius 1 is 1.50 bits per heavy atom. The van der Waals surface area contributed by atoms with Crippen molar-refractivity contribution < 1.29 is 4.79 Å². The van der Waals surface area contributed by atoms with E-state index in [1.165, 1.54) is 11.1 Å². The summed E-state index contributed by atoms with van der Waals surface area (Å²) in [5.41, 5.74) is 3.63. The van der Waals surface area contributed by atoms with Crippen molar-refractivity contribution in [3.8, 4) is 0 Å². The molecule has 0 bridgehead atoms. The third-order valence-corrected chi connectivity index (χ3v) is 2.59. The number of carbonyl (C=O) groups excluding carboxylic acids is 1. The number of allylic oxidation sites excluding steroid dienone is 1. The van der Waals surface area contributed by atoms with E-state index in [0.717, 1.165) is 25.0 Å². The SMILES string of the molecule is CC1=CC2=C(CCN(C)C2=O)C1. The molecule has 2 aliphatic rings. The van der Waals surface area contributed by atoms with Gasteiger partial charge in [-0.05, 0) is 19.8 Å². The van der Waals surface area contributed by atoms with Crippen molar-refractivity contribution in [2.75, 3.05) is 13.6 Å². The van der Waals surface area contributed by atoms with Crippen LogP contribution in [0.1, 0.15) is 19.8 Å². The van der Waals surface area contributed by atoms with Gasteiger partial charge in [-0.15, -0.1) is 0 Å². The summed E-state index contributed by atoms with van der Waals surface area (Å²) >= 11 is 0. The van der Waals surface area contributed by atoms with Gasteiger partial charge in [0.25, 0.3) is 5.91 Å². The lowest BCUT2D eigenvalue weighted by Crippen LogP contribution is -2.32. The van der Waals surface area contributed by atoms with E-state index in [4.69, 9.17) is 0 Å². The summed E-state index contributed by atoms with van der Waals surface area (Å²) in [6, 6.07) is 0. The van der Waals surface area contributed by atoms with E-state index >= 15 is 0 Å². The Hall–Kier alpha value is -1.05. The van der Waals surface area contributed by atoms with Gasteiger partial charge in [-0.2, -0.15) is 0 Å². The van der Waals surface area contributed by atoms with Crippen molar-refractivity contribution in [3.63, 3.8) is 0 Å². The summed E-state index contributed by atoms with van der Waals surface area (Å²) in [5.74, 6) is 0.202. The summed E-state index contributed by atoms with van der Waals surface area (Å²) in [4.78, 5) is 13.4. The Bertz CT molecular complexity index is 299. The highest BCUT2D eigenvalue weighted by molar-refractivity contribution is 5.98. The summed E-state index contributed by atoms with van der Waals surface area (Å²) in [5, 5.41) is 0. The summed E-state index contributed by atoms with van der Waals surface area (Å²) in [6.45, 7) is 2.98. The maximum absolute atomic E-state index is 11.6. The Morgan fingerprint density at radius 3 is 3.00 bits per heavy atom. The smallest absolute Gasteiger partial charge is 0.253 e. The molecule has 0 saturated carbocycles. The average molecular weight is 163 g/mol. The maximum atomic E-state index is 11.6. The minimum Gasteiger partial charge on any atom is -0.341 e. The molecule has 0 atom stereocenters. The normalized spacial score (nSPS) is 23.0. The van der Waals surface area contributed by atoms with Gasteiger partial charge in [0.05, 0.1) is 0 Å². The number of carbonyl (C=O) groups is 1. The molecule has 2 rings (SSSR count). The van der Waals surface area contributed by atoms with Crippen LogP contribution < -0.4 is 0 Å². The minimum absolute atomic E-state index is 0.202. The van der Waals surface area contributed by atoms with Crippen LogP contribution in [0.15, 0.2) is 22.8 Å². The largest absolute Gasteiger partial charge is 0.341 e. The van der Waals surface area contributed by atoms with Crippen molar-refractivity contribution in [1.29, 1.82) is 0 Å². The van der Waals surface area contributed by atoms with Crippen LogP contribution in [0.25, 0.3) is 0 Å². The van der Waals surface area contributed by atoms with Crippen LogP contribution in [-0.2, 0) is 4.79 Å². The zero-order valence-electron chi connectivity index (χ0n) is 7.55. The number of amides is 1. The third-order valence-electron chi connectivity index (χ3n) is 2.59. The van der Waals surface area contributed by atoms with E-state index < -0.39 is 0 Å². The van der Waals surface area contributed by atoms with Crippen LogP contribution in [0.5, 0.6) is 0 Å². The Morgan fingerprint density at radius 2 is 2.25 bits per heavy atom. The first-order chi connectivity index (χ1) is 5.68. The van der Waals surface area contributed by atoms with Gasteiger partial charge in [0, 0.05) is 19.2 Å². The Balaban J connectivity index is 2.35. The van der Waals surface area contributed by atoms with E-state index in [9.17, 15) is 4.79 Å². The molecule has 0 saturated heterocycles. The van der Waals surface area contributed by atoms with Crippen molar-refractivity contribution in [2.24, 2.45) is 0 Å². The summed E-state index contributed by atoms with van der Waals surface area (Å²) in [7, 11) is 1.87. The zero-order valence-corrected chi connectivity index (χ0v) is 7.55. The zero-order chi connectivity index (χ0) is 8.72. The van der Waals surface area contributed by atoms with Gasteiger partial charge in [-0.25, -0.2) is 0 Å². The molecule has 0 N–H and O–H groups in total. The van der Waals surface area contributed by atoms with E-state index in [1.54, 1.807) is 4.90 Å². The van der Waals surface area contributed by atoms with Crippen LogP contribution >= 0.6 is 0 Å². The summed E-state index contributed by atoms with van der Waals surface area (Å²) in [6.07, 6.45) is 4.12. The fourth-order valence-electron chi connectivity index (χ4n) is 1.88. The lowest BCUT2D eigenvalue weighted by molar-refractivity contribution is -0.126. The molecule has 2 nitrogen and oxygen atoms in total. The first-order valence-electron chi connectivity index (χ1n) is 4.33. The van der Waals surface area contributed by atoms with Crippen molar-refractivity contribution in [1.82, 2.24) is 4.90 Å².